The molecular weight excluding hydrogens is 440 g/mol. The number of nitriles is 1. The van der Waals surface area contributed by atoms with E-state index in [0.717, 1.165) is 10.1 Å². The highest BCUT2D eigenvalue weighted by Crippen LogP contribution is 2.29. The molecule has 1 aromatic heterocycles. The Balaban J connectivity index is 2.02. The summed E-state index contributed by atoms with van der Waals surface area (Å²) in [5.74, 6) is 0.696. The second-order valence-electron chi connectivity index (χ2n) is 7.25. The lowest BCUT2D eigenvalue weighted by molar-refractivity contribution is -0.384. The molecule has 10 heteroatoms. The van der Waals surface area contributed by atoms with E-state index < -0.39 is 10.5 Å². The van der Waals surface area contributed by atoms with Crippen molar-refractivity contribution < 1.29 is 19.5 Å². The van der Waals surface area contributed by atoms with Crippen LogP contribution < -0.4 is 15.0 Å². The molecule has 2 aromatic carbocycles. The van der Waals surface area contributed by atoms with Crippen molar-refractivity contribution in [3.63, 3.8) is 0 Å². The predicted octanol–water partition coefficient (Wildman–Crippen LogP) is 3.65. The maximum atomic E-state index is 12.9. The first kappa shape index (κ1) is 24.0. The van der Waals surface area contributed by atoms with Gasteiger partial charge in [0, 0.05) is 18.8 Å². The summed E-state index contributed by atoms with van der Waals surface area (Å²) in [6, 6.07) is 13.1. The Morgan fingerprint density at radius 2 is 1.91 bits per heavy atom. The first-order valence-electron chi connectivity index (χ1n) is 10.2. The van der Waals surface area contributed by atoms with E-state index in [4.69, 9.17) is 9.47 Å². The van der Waals surface area contributed by atoms with E-state index in [0.29, 0.717) is 17.9 Å². The van der Waals surface area contributed by atoms with Crippen LogP contribution in [0.2, 0.25) is 0 Å². The number of ether oxygens (including phenoxy) is 2. The number of hydrogen-bond acceptors (Lipinski definition) is 8. The molecule has 10 nitrogen and oxygen atoms in total. The molecule has 0 aliphatic carbocycles. The van der Waals surface area contributed by atoms with E-state index in [1.54, 1.807) is 24.3 Å². The van der Waals surface area contributed by atoms with E-state index >= 15 is 0 Å². The average molecular weight is 462 g/mol. The molecule has 34 heavy (non-hydrogen) atoms. The minimum absolute atomic E-state index is 0.0709. The van der Waals surface area contributed by atoms with Crippen molar-refractivity contribution in [1.82, 2.24) is 4.57 Å². The molecule has 0 unspecified atom stereocenters. The van der Waals surface area contributed by atoms with Gasteiger partial charge in [0.15, 0.2) is 11.5 Å². The number of aromatic hydroxyl groups is 1. The zero-order valence-electron chi connectivity index (χ0n) is 18.8. The van der Waals surface area contributed by atoms with Gasteiger partial charge in [0.2, 0.25) is 5.88 Å². The summed E-state index contributed by atoms with van der Waals surface area (Å²) >= 11 is 0. The van der Waals surface area contributed by atoms with Crippen molar-refractivity contribution in [2.45, 2.75) is 19.9 Å². The number of nitrogens with zero attached hydrogens (tertiary/aromatic N) is 4. The van der Waals surface area contributed by atoms with Gasteiger partial charge in [-0.05, 0) is 42.7 Å². The summed E-state index contributed by atoms with van der Waals surface area (Å²) in [5.41, 5.74) is 0.260. The second-order valence-corrected chi connectivity index (χ2v) is 7.25. The number of nitro groups is 1. The summed E-state index contributed by atoms with van der Waals surface area (Å²) in [6.45, 7) is 1.58. The van der Waals surface area contributed by atoms with Crippen LogP contribution in [0.1, 0.15) is 22.3 Å². The Labute approximate surface area is 195 Å². The number of rotatable bonds is 8. The first-order valence-corrected chi connectivity index (χ1v) is 10.2. The molecule has 0 fully saturated rings. The van der Waals surface area contributed by atoms with Crippen molar-refractivity contribution >= 4 is 17.6 Å². The van der Waals surface area contributed by atoms with Crippen molar-refractivity contribution in [3.05, 3.63) is 85.2 Å². The van der Waals surface area contributed by atoms with E-state index in [1.165, 1.54) is 45.6 Å². The van der Waals surface area contributed by atoms with Crippen LogP contribution in [0, 0.1) is 28.4 Å². The van der Waals surface area contributed by atoms with E-state index in [-0.39, 0.29) is 40.5 Å². The number of aryl methyl sites for hydroxylation is 1. The van der Waals surface area contributed by atoms with Gasteiger partial charge in [0.1, 0.15) is 17.3 Å². The highest BCUT2D eigenvalue weighted by Gasteiger charge is 2.19. The lowest BCUT2D eigenvalue weighted by Gasteiger charge is -2.15. The maximum absolute atomic E-state index is 12.9. The third-order valence-corrected chi connectivity index (χ3v) is 5.33. The molecule has 0 radical (unpaired) electrons. The third kappa shape index (κ3) is 4.73. The highest BCUT2D eigenvalue weighted by atomic mass is 16.6. The molecule has 174 valence electrons. The summed E-state index contributed by atoms with van der Waals surface area (Å²) in [6.07, 6.45) is 1.57. The summed E-state index contributed by atoms with van der Waals surface area (Å²) in [4.78, 5) is 27.7. The molecule has 0 aliphatic rings. The first-order chi connectivity index (χ1) is 16.3. The van der Waals surface area contributed by atoms with Gasteiger partial charge in [-0.1, -0.05) is 18.2 Å². The quantitative estimate of drug-likeness (QED) is 0.306. The van der Waals surface area contributed by atoms with Crippen LogP contribution in [0.15, 0.2) is 52.3 Å². The fraction of sp³-hybridized carbons (Fsp3) is 0.208. The number of aliphatic imine (C=N–C) groups is 1. The lowest BCUT2D eigenvalue weighted by Crippen LogP contribution is -2.26. The number of pyridine rings is 1. The van der Waals surface area contributed by atoms with Crippen LogP contribution in [-0.2, 0) is 13.0 Å². The lowest BCUT2D eigenvalue weighted by atomic mass is 10.1. The fourth-order valence-electron chi connectivity index (χ4n) is 3.47. The van der Waals surface area contributed by atoms with E-state index in [1.807, 2.05) is 6.07 Å². The molecule has 0 saturated heterocycles. The number of aromatic nitrogens is 1. The molecule has 0 atom stereocenters. The molecule has 0 aliphatic heterocycles. The van der Waals surface area contributed by atoms with Gasteiger partial charge in [-0.25, -0.2) is 4.99 Å². The van der Waals surface area contributed by atoms with Crippen LogP contribution in [0.5, 0.6) is 17.4 Å². The molecule has 1 N–H and O–H groups in total. The predicted molar refractivity (Wildman–Crippen MR) is 125 cm³/mol. The number of benzene rings is 2. The summed E-state index contributed by atoms with van der Waals surface area (Å²) in [5, 5.41) is 31.7. The van der Waals surface area contributed by atoms with Crippen LogP contribution >= 0.6 is 0 Å². The normalized spacial score (nSPS) is 10.8. The Kier molecular flexibility index (Phi) is 7.28. The Hall–Kier alpha value is -4.65. The minimum atomic E-state index is -0.638. The Morgan fingerprint density at radius 1 is 1.21 bits per heavy atom. The van der Waals surface area contributed by atoms with Crippen molar-refractivity contribution in [2.75, 3.05) is 14.2 Å². The number of hydrogen-bond donors (Lipinski definition) is 1. The highest BCUT2D eigenvalue weighted by molar-refractivity contribution is 5.88. The average Bonchev–Trinajstić information content (AvgIpc) is 2.84. The van der Waals surface area contributed by atoms with Gasteiger partial charge in [0.05, 0.1) is 24.7 Å². The maximum Gasteiger partial charge on any atom is 0.294 e. The standard InChI is InChI=1S/C24H22N4O6/c1-15-17(13-25)23(29)27(11-10-16-8-9-21(33-2)22(12-16)34-3)24(30)18(15)14-26-19-6-4-5-7-20(19)28(31)32/h4-9,12,14,30H,10-11H2,1-3H3. The van der Waals surface area contributed by atoms with Gasteiger partial charge in [-0.15, -0.1) is 0 Å². The van der Waals surface area contributed by atoms with Gasteiger partial charge in [0.25, 0.3) is 11.2 Å². The van der Waals surface area contributed by atoms with Crippen molar-refractivity contribution in [3.8, 4) is 23.4 Å². The molecule has 3 rings (SSSR count). The van der Waals surface area contributed by atoms with Crippen LogP contribution in [-0.4, -0.2) is 35.0 Å². The number of methoxy groups -OCH3 is 2. The fourth-order valence-corrected chi connectivity index (χ4v) is 3.47. The molecule has 0 spiro atoms. The number of para-hydroxylation sites is 2. The largest absolute Gasteiger partial charge is 0.494 e. The van der Waals surface area contributed by atoms with E-state index in [9.17, 15) is 25.3 Å². The van der Waals surface area contributed by atoms with Gasteiger partial charge < -0.3 is 14.6 Å². The molecule has 0 saturated carbocycles. The topological polar surface area (TPSA) is 140 Å². The molecule has 0 amide bonds. The van der Waals surface area contributed by atoms with Crippen LogP contribution in [0.3, 0.4) is 0 Å². The summed E-state index contributed by atoms with van der Waals surface area (Å²) in [7, 11) is 3.04. The van der Waals surface area contributed by atoms with Crippen LogP contribution in [0.25, 0.3) is 0 Å². The van der Waals surface area contributed by atoms with Gasteiger partial charge in [-0.3, -0.25) is 19.5 Å². The minimum Gasteiger partial charge on any atom is -0.494 e. The van der Waals surface area contributed by atoms with Crippen molar-refractivity contribution in [2.24, 2.45) is 4.99 Å². The molecule has 3 aromatic rings. The van der Waals surface area contributed by atoms with Gasteiger partial charge in [-0.2, -0.15) is 5.26 Å². The SMILES string of the molecule is COc1ccc(CCn2c(O)c(C=Nc3ccccc3[N+](=O)[O-])c(C)c(C#N)c2=O)cc1OC. The third-order valence-electron chi connectivity index (χ3n) is 5.33. The van der Waals surface area contributed by atoms with E-state index in [2.05, 4.69) is 4.99 Å². The molecule has 1 heterocycles. The van der Waals surface area contributed by atoms with Crippen molar-refractivity contribution in [1.29, 1.82) is 5.26 Å². The second kappa shape index (κ2) is 10.3. The zero-order valence-corrected chi connectivity index (χ0v) is 18.8. The number of nitro benzene ring substituents is 1. The summed E-state index contributed by atoms with van der Waals surface area (Å²) < 4.78 is 11.6. The Bertz CT molecular complexity index is 1370. The Morgan fingerprint density at radius 3 is 2.56 bits per heavy atom. The zero-order chi connectivity index (χ0) is 24.8. The molecular formula is C24H22N4O6. The van der Waals surface area contributed by atoms with Crippen LogP contribution in [0.4, 0.5) is 11.4 Å². The van der Waals surface area contributed by atoms with Gasteiger partial charge >= 0.3 is 0 Å². The molecule has 0 bridgehead atoms. The monoisotopic (exact) mass is 462 g/mol. The smallest absolute Gasteiger partial charge is 0.294 e.